The van der Waals surface area contributed by atoms with Crippen molar-refractivity contribution in [2.24, 2.45) is 0 Å². The summed E-state index contributed by atoms with van der Waals surface area (Å²) in [6.45, 7) is 4.00. The molecule has 0 aromatic heterocycles. The second-order valence-corrected chi connectivity index (χ2v) is 4.21. The van der Waals surface area contributed by atoms with Gasteiger partial charge in [-0.15, -0.1) is 0 Å². The molecule has 0 amide bonds. The third-order valence-corrected chi connectivity index (χ3v) is 3.18. The Kier molecular flexibility index (Phi) is 4.03. The van der Waals surface area contributed by atoms with Gasteiger partial charge in [0.25, 0.3) is 0 Å². The summed E-state index contributed by atoms with van der Waals surface area (Å²) in [5.74, 6) is -2.96. The molecule has 0 saturated carbocycles. The first-order chi connectivity index (χ1) is 10.5. The van der Waals surface area contributed by atoms with E-state index in [4.69, 9.17) is 0 Å². The molecule has 0 aliphatic carbocycles. The number of carbonyl (C=O) groups excluding carboxylic acids is 3. The number of aldehydes is 1. The molecule has 1 aliphatic rings. The third-order valence-electron chi connectivity index (χ3n) is 3.18. The van der Waals surface area contributed by atoms with Crippen LogP contribution in [0.1, 0.15) is 55.3 Å². The quantitative estimate of drug-likeness (QED) is 0.520. The molecule has 6 heteroatoms. The van der Waals surface area contributed by atoms with E-state index in [0.717, 1.165) is 0 Å². The zero-order chi connectivity index (χ0) is 16.4. The molecular weight excluding hydrogens is 288 g/mol. The fraction of sp³-hybridized carbons (Fsp3) is 0.125. The first-order valence-electron chi connectivity index (χ1n) is 6.59. The summed E-state index contributed by atoms with van der Waals surface area (Å²) in [7, 11) is 0. The van der Waals surface area contributed by atoms with Crippen LogP contribution < -0.4 is 0 Å². The van der Waals surface area contributed by atoms with Gasteiger partial charge in [0.2, 0.25) is 0 Å². The topological polar surface area (TPSA) is 97.7 Å². The van der Waals surface area contributed by atoms with E-state index < -0.39 is 17.9 Å². The Bertz CT molecular complexity index is 782. The molecule has 1 N–H and O–H groups in total. The molecule has 0 bridgehead atoms. The molecule has 2 aromatic rings. The zero-order valence-electron chi connectivity index (χ0n) is 11.9. The van der Waals surface area contributed by atoms with Crippen LogP contribution in [0, 0.1) is 0 Å². The van der Waals surface area contributed by atoms with Gasteiger partial charge in [-0.1, -0.05) is 19.9 Å². The van der Waals surface area contributed by atoms with E-state index in [9.17, 15) is 24.3 Å². The van der Waals surface area contributed by atoms with Crippen LogP contribution in [0.2, 0.25) is 0 Å². The number of hydrogen-bond donors (Lipinski definition) is 1. The summed E-state index contributed by atoms with van der Waals surface area (Å²) < 4.78 is 4.56. The maximum Gasteiger partial charge on any atom is 0.346 e. The summed E-state index contributed by atoms with van der Waals surface area (Å²) in [5.41, 5.74) is 0.104. The third kappa shape index (κ3) is 2.14. The second kappa shape index (κ2) is 5.77. The van der Waals surface area contributed by atoms with Gasteiger partial charge in [-0.2, -0.15) is 0 Å². The van der Waals surface area contributed by atoms with Gasteiger partial charge in [0.15, 0.2) is 6.29 Å². The molecule has 0 radical (unpaired) electrons. The number of aromatic carboxylic acids is 1. The molecule has 1 heterocycles. The highest BCUT2D eigenvalue weighted by Crippen LogP contribution is 2.33. The number of hydrogen-bond acceptors (Lipinski definition) is 5. The van der Waals surface area contributed by atoms with Crippen molar-refractivity contribution in [1.82, 2.24) is 0 Å². The van der Waals surface area contributed by atoms with E-state index in [1.807, 2.05) is 13.8 Å². The van der Waals surface area contributed by atoms with Gasteiger partial charge in [-0.25, -0.2) is 14.4 Å². The summed E-state index contributed by atoms with van der Waals surface area (Å²) in [5, 5.41) is 9.42. The van der Waals surface area contributed by atoms with Gasteiger partial charge in [0.1, 0.15) is 0 Å². The van der Waals surface area contributed by atoms with E-state index in [0.29, 0.717) is 6.29 Å². The number of carboxylic acids is 1. The standard InChI is InChI=1S/C14H6O6.C2H6/c15-5-6-1-2-8-11-9(14(19)20-13(8)18)4-3-7(10(6)11)12(16)17;1-2/h1-5H,(H,16,17);1-2H3. The Morgan fingerprint density at radius 1 is 1.00 bits per heavy atom. The van der Waals surface area contributed by atoms with Crippen LogP contribution in [0.5, 0.6) is 0 Å². The maximum absolute atomic E-state index is 11.7. The molecule has 22 heavy (non-hydrogen) atoms. The first kappa shape index (κ1) is 15.4. The van der Waals surface area contributed by atoms with E-state index in [2.05, 4.69) is 4.74 Å². The predicted octanol–water partition coefficient (Wildman–Crippen LogP) is 2.69. The molecule has 0 saturated heterocycles. The predicted molar refractivity (Wildman–Crippen MR) is 77.4 cm³/mol. The van der Waals surface area contributed by atoms with Crippen LogP contribution >= 0.6 is 0 Å². The minimum absolute atomic E-state index is 0.0725. The van der Waals surface area contributed by atoms with Crippen molar-refractivity contribution in [3.05, 3.63) is 46.5 Å². The van der Waals surface area contributed by atoms with E-state index >= 15 is 0 Å². The van der Waals surface area contributed by atoms with Gasteiger partial charge in [0, 0.05) is 16.3 Å². The van der Waals surface area contributed by atoms with Crippen molar-refractivity contribution < 1.29 is 29.0 Å². The number of rotatable bonds is 2. The molecule has 1 aliphatic heterocycles. The van der Waals surface area contributed by atoms with Crippen molar-refractivity contribution in [3.63, 3.8) is 0 Å². The Morgan fingerprint density at radius 3 is 2.05 bits per heavy atom. The molecule has 0 unspecified atom stereocenters. The smallest absolute Gasteiger partial charge is 0.346 e. The van der Waals surface area contributed by atoms with Gasteiger partial charge in [-0.05, 0) is 18.2 Å². The van der Waals surface area contributed by atoms with Crippen molar-refractivity contribution in [1.29, 1.82) is 0 Å². The Labute approximate surface area is 125 Å². The van der Waals surface area contributed by atoms with E-state index in [-0.39, 0.29) is 33.0 Å². The number of carbonyl (C=O) groups is 4. The highest BCUT2D eigenvalue weighted by molar-refractivity contribution is 6.25. The van der Waals surface area contributed by atoms with Crippen molar-refractivity contribution in [2.75, 3.05) is 0 Å². The molecular formula is C16H12O6. The van der Waals surface area contributed by atoms with Crippen LogP contribution in [0.4, 0.5) is 0 Å². The fourth-order valence-corrected chi connectivity index (χ4v) is 2.33. The van der Waals surface area contributed by atoms with Crippen molar-refractivity contribution in [3.8, 4) is 0 Å². The maximum atomic E-state index is 11.7. The van der Waals surface area contributed by atoms with Crippen LogP contribution in [0.3, 0.4) is 0 Å². The average Bonchev–Trinajstić information content (AvgIpc) is 2.53. The fourth-order valence-electron chi connectivity index (χ4n) is 2.33. The number of carboxylic acid groups (broad SMARTS) is 1. The van der Waals surface area contributed by atoms with Crippen LogP contribution in [0.25, 0.3) is 10.8 Å². The molecule has 2 aromatic carbocycles. The number of cyclic esters (lactones) is 2. The highest BCUT2D eigenvalue weighted by Gasteiger charge is 2.30. The largest absolute Gasteiger partial charge is 0.478 e. The first-order valence-corrected chi connectivity index (χ1v) is 6.59. The van der Waals surface area contributed by atoms with Crippen molar-refractivity contribution >= 4 is 35.0 Å². The summed E-state index contributed by atoms with van der Waals surface area (Å²) in [4.78, 5) is 45.7. The summed E-state index contributed by atoms with van der Waals surface area (Å²) in [6, 6.07) is 5.17. The zero-order valence-corrected chi connectivity index (χ0v) is 11.9. The minimum Gasteiger partial charge on any atom is -0.478 e. The Hall–Kier alpha value is -3.02. The van der Waals surface area contributed by atoms with Crippen molar-refractivity contribution in [2.45, 2.75) is 13.8 Å². The SMILES string of the molecule is CC.O=Cc1ccc2c3c(ccc(C(=O)O)c13)C(=O)OC2=O. The lowest BCUT2D eigenvalue weighted by Gasteiger charge is -2.17. The number of ether oxygens (including phenoxy) is 1. The summed E-state index contributed by atoms with van der Waals surface area (Å²) >= 11 is 0. The molecule has 0 atom stereocenters. The lowest BCUT2D eigenvalue weighted by molar-refractivity contribution is 0.0390. The molecule has 112 valence electrons. The average molecular weight is 300 g/mol. The van der Waals surface area contributed by atoms with Crippen LogP contribution in [-0.4, -0.2) is 29.3 Å². The number of esters is 2. The monoisotopic (exact) mass is 300 g/mol. The molecule has 3 rings (SSSR count). The van der Waals surface area contributed by atoms with Gasteiger partial charge >= 0.3 is 17.9 Å². The molecule has 0 spiro atoms. The Morgan fingerprint density at radius 2 is 1.55 bits per heavy atom. The van der Waals surface area contributed by atoms with Crippen LogP contribution in [0.15, 0.2) is 24.3 Å². The lowest BCUT2D eigenvalue weighted by atomic mass is 9.91. The van der Waals surface area contributed by atoms with Gasteiger partial charge in [-0.3, -0.25) is 4.79 Å². The normalized spacial score (nSPS) is 12.3. The summed E-state index contributed by atoms with van der Waals surface area (Å²) in [6.07, 6.45) is 0.486. The number of benzene rings is 2. The lowest BCUT2D eigenvalue weighted by Crippen LogP contribution is -2.20. The minimum atomic E-state index is -1.25. The van der Waals surface area contributed by atoms with Gasteiger partial charge < -0.3 is 9.84 Å². The van der Waals surface area contributed by atoms with Crippen LogP contribution in [-0.2, 0) is 4.74 Å². The van der Waals surface area contributed by atoms with Gasteiger partial charge in [0.05, 0.1) is 16.7 Å². The molecule has 0 fully saturated rings. The molecule has 6 nitrogen and oxygen atoms in total. The van der Waals surface area contributed by atoms with E-state index in [1.54, 1.807) is 0 Å². The second-order valence-electron chi connectivity index (χ2n) is 4.21. The van der Waals surface area contributed by atoms with E-state index in [1.165, 1.54) is 24.3 Å². The Balaban J connectivity index is 0.000000847. The highest BCUT2D eigenvalue weighted by atomic mass is 16.6.